The van der Waals surface area contributed by atoms with Gasteiger partial charge in [0.15, 0.2) is 9.84 Å². The molecular formula is C14H16ClNO3S. The highest BCUT2D eigenvalue weighted by molar-refractivity contribution is 7.91. The van der Waals surface area contributed by atoms with Crippen LogP contribution >= 0.6 is 11.6 Å². The average molecular weight is 314 g/mol. The third-order valence-corrected chi connectivity index (χ3v) is 6.00. The van der Waals surface area contributed by atoms with Gasteiger partial charge in [0.05, 0.1) is 17.4 Å². The fraction of sp³-hybridized carbons (Fsp3) is 0.500. The van der Waals surface area contributed by atoms with Crippen molar-refractivity contribution in [3.8, 4) is 0 Å². The maximum atomic E-state index is 12.0. The molecule has 0 aromatic heterocycles. The van der Waals surface area contributed by atoms with E-state index < -0.39 is 9.84 Å². The van der Waals surface area contributed by atoms with Crippen molar-refractivity contribution in [3.05, 3.63) is 34.9 Å². The summed E-state index contributed by atoms with van der Waals surface area (Å²) >= 11 is 5.95. The van der Waals surface area contributed by atoms with E-state index in [9.17, 15) is 13.2 Å². The standard InChI is InChI=1S/C14H16ClNO3S/c15-11-3-1-2-9(6-11)12-7-13(12)16-14(17)10-4-5-20(18,19)8-10/h1-3,6,10,12-13H,4-5,7-8H2,(H,16,17)/t10-,12+,13-/m1/s1. The summed E-state index contributed by atoms with van der Waals surface area (Å²) in [7, 11) is -3.01. The van der Waals surface area contributed by atoms with Gasteiger partial charge in [-0.2, -0.15) is 0 Å². The van der Waals surface area contributed by atoms with Gasteiger partial charge in [-0.25, -0.2) is 8.42 Å². The average Bonchev–Trinajstić information content (AvgIpc) is 3.04. The Kier molecular flexibility index (Phi) is 3.50. The maximum Gasteiger partial charge on any atom is 0.224 e. The number of nitrogens with one attached hydrogen (secondary N) is 1. The molecule has 108 valence electrons. The number of benzene rings is 1. The molecule has 2 aliphatic rings. The van der Waals surface area contributed by atoms with Crippen molar-refractivity contribution in [1.82, 2.24) is 5.32 Å². The highest BCUT2D eigenvalue weighted by Crippen LogP contribution is 2.41. The molecule has 1 saturated carbocycles. The third-order valence-electron chi connectivity index (χ3n) is 4.00. The van der Waals surface area contributed by atoms with Crippen molar-refractivity contribution in [1.29, 1.82) is 0 Å². The summed E-state index contributed by atoms with van der Waals surface area (Å²) in [5.41, 5.74) is 1.13. The molecule has 0 unspecified atom stereocenters. The van der Waals surface area contributed by atoms with Gasteiger partial charge < -0.3 is 5.32 Å². The molecule has 4 nitrogen and oxygen atoms in total. The van der Waals surface area contributed by atoms with Gasteiger partial charge in [0, 0.05) is 17.0 Å². The minimum Gasteiger partial charge on any atom is -0.352 e. The Labute approximate surface area is 123 Å². The molecule has 0 bridgehead atoms. The van der Waals surface area contributed by atoms with Gasteiger partial charge in [-0.1, -0.05) is 23.7 Å². The van der Waals surface area contributed by atoms with Gasteiger partial charge in [0.2, 0.25) is 5.91 Å². The van der Waals surface area contributed by atoms with Crippen LogP contribution < -0.4 is 5.32 Å². The molecule has 1 aliphatic carbocycles. The lowest BCUT2D eigenvalue weighted by Gasteiger charge is -2.09. The minimum atomic E-state index is -3.01. The lowest BCUT2D eigenvalue weighted by molar-refractivity contribution is -0.124. The Morgan fingerprint density at radius 3 is 2.80 bits per heavy atom. The molecule has 1 aromatic rings. The molecule has 1 amide bonds. The summed E-state index contributed by atoms with van der Waals surface area (Å²) in [4.78, 5) is 12.0. The number of hydrogen-bond acceptors (Lipinski definition) is 3. The molecule has 6 heteroatoms. The summed E-state index contributed by atoms with van der Waals surface area (Å²) in [6, 6.07) is 7.76. The fourth-order valence-electron chi connectivity index (χ4n) is 2.76. The lowest BCUT2D eigenvalue weighted by atomic mass is 10.1. The van der Waals surface area contributed by atoms with Crippen LogP contribution in [-0.4, -0.2) is 31.9 Å². The number of rotatable bonds is 3. The first kappa shape index (κ1) is 13.9. The second-order valence-corrected chi connectivity index (χ2v) is 8.28. The molecule has 2 fully saturated rings. The number of carbonyl (C=O) groups is 1. The Morgan fingerprint density at radius 1 is 1.35 bits per heavy atom. The van der Waals surface area contributed by atoms with Crippen LogP contribution in [0.15, 0.2) is 24.3 Å². The monoisotopic (exact) mass is 313 g/mol. The highest BCUT2D eigenvalue weighted by Gasteiger charge is 2.42. The number of carbonyl (C=O) groups excluding carboxylic acids is 1. The molecule has 1 aromatic carbocycles. The predicted molar refractivity (Wildman–Crippen MR) is 77.5 cm³/mol. The van der Waals surface area contributed by atoms with Crippen molar-refractivity contribution in [2.24, 2.45) is 5.92 Å². The van der Waals surface area contributed by atoms with Crippen molar-refractivity contribution >= 4 is 27.3 Å². The first-order chi connectivity index (χ1) is 9.44. The number of halogens is 1. The number of sulfone groups is 1. The SMILES string of the molecule is O=C(N[C@@H]1C[C@H]1c1cccc(Cl)c1)[C@@H]1CCS(=O)(=O)C1. The molecule has 3 atom stereocenters. The molecule has 3 rings (SSSR count). The van der Waals surface area contributed by atoms with Gasteiger partial charge in [0.25, 0.3) is 0 Å². The molecule has 0 spiro atoms. The lowest BCUT2D eigenvalue weighted by Crippen LogP contribution is -2.33. The first-order valence-electron chi connectivity index (χ1n) is 6.71. The van der Waals surface area contributed by atoms with Crippen LogP contribution in [0.5, 0.6) is 0 Å². The summed E-state index contributed by atoms with van der Waals surface area (Å²) in [6.07, 6.45) is 1.34. The van der Waals surface area contributed by atoms with E-state index in [-0.39, 0.29) is 29.4 Å². The molecular weight excluding hydrogens is 298 g/mol. The molecule has 1 N–H and O–H groups in total. The van der Waals surface area contributed by atoms with Crippen molar-refractivity contribution in [2.45, 2.75) is 24.8 Å². The molecule has 0 radical (unpaired) electrons. The van der Waals surface area contributed by atoms with E-state index >= 15 is 0 Å². The molecule has 20 heavy (non-hydrogen) atoms. The van der Waals surface area contributed by atoms with Crippen LogP contribution in [0.2, 0.25) is 5.02 Å². The molecule has 1 aliphatic heterocycles. The fourth-order valence-corrected chi connectivity index (χ4v) is 4.70. The number of amides is 1. The van der Waals surface area contributed by atoms with Crippen molar-refractivity contribution < 1.29 is 13.2 Å². The zero-order chi connectivity index (χ0) is 14.3. The van der Waals surface area contributed by atoms with Crippen molar-refractivity contribution in [3.63, 3.8) is 0 Å². The van der Waals surface area contributed by atoms with E-state index in [0.717, 1.165) is 12.0 Å². The van der Waals surface area contributed by atoms with Gasteiger partial charge in [0.1, 0.15) is 0 Å². The van der Waals surface area contributed by atoms with E-state index in [1.807, 2.05) is 24.3 Å². The quantitative estimate of drug-likeness (QED) is 0.924. The van der Waals surface area contributed by atoms with E-state index in [1.54, 1.807) is 0 Å². The van der Waals surface area contributed by atoms with E-state index in [2.05, 4.69) is 5.32 Å². The summed E-state index contributed by atoms with van der Waals surface area (Å²) in [6.45, 7) is 0. The van der Waals surface area contributed by atoms with E-state index in [1.165, 1.54) is 0 Å². The largest absolute Gasteiger partial charge is 0.352 e. The van der Waals surface area contributed by atoms with Gasteiger partial charge in [-0.3, -0.25) is 4.79 Å². The smallest absolute Gasteiger partial charge is 0.224 e. The van der Waals surface area contributed by atoms with Gasteiger partial charge in [-0.15, -0.1) is 0 Å². The van der Waals surface area contributed by atoms with Crippen LogP contribution in [-0.2, 0) is 14.6 Å². The third kappa shape index (κ3) is 2.99. The maximum absolute atomic E-state index is 12.0. The Balaban J connectivity index is 1.57. The topological polar surface area (TPSA) is 63.2 Å². The van der Waals surface area contributed by atoms with E-state index in [0.29, 0.717) is 17.4 Å². The summed E-state index contributed by atoms with van der Waals surface area (Å²) in [5.74, 6) is -0.0715. The Morgan fingerprint density at radius 2 is 2.15 bits per heavy atom. The number of hydrogen-bond donors (Lipinski definition) is 1. The van der Waals surface area contributed by atoms with Crippen LogP contribution in [0.25, 0.3) is 0 Å². The van der Waals surface area contributed by atoms with Gasteiger partial charge in [-0.05, 0) is 30.5 Å². The normalized spacial score (nSPS) is 30.9. The van der Waals surface area contributed by atoms with Gasteiger partial charge >= 0.3 is 0 Å². The second kappa shape index (κ2) is 5.04. The van der Waals surface area contributed by atoms with E-state index in [4.69, 9.17) is 11.6 Å². The zero-order valence-electron chi connectivity index (χ0n) is 10.9. The van der Waals surface area contributed by atoms with Crippen molar-refractivity contribution in [2.75, 3.05) is 11.5 Å². The Hall–Kier alpha value is -1.07. The summed E-state index contributed by atoms with van der Waals surface area (Å²) < 4.78 is 22.8. The summed E-state index contributed by atoms with van der Waals surface area (Å²) in [5, 5.41) is 3.65. The zero-order valence-corrected chi connectivity index (χ0v) is 12.5. The Bertz CT molecular complexity index is 644. The highest BCUT2D eigenvalue weighted by atomic mass is 35.5. The van der Waals surface area contributed by atoms with Crippen LogP contribution in [0.4, 0.5) is 0 Å². The van der Waals surface area contributed by atoms with Crippen LogP contribution in [0.1, 0.15) is 24.3 Å². The van der Waals surface area contributed by atoms with Crippen LogP contribution in [0.3, 0.4) is 0 Å². The first-order valence-corrected chi connectivity index (χ1v) is 8.91. The molecule has 1 heterocycles. The minimum absolute atomic E-state index is 0.00656. The predicted octanol–water partition coefficient (Wildman–Crippen LogP) is 1.75. The second-order valence-electron chi connectivity index (χ2n) is 5.61. The molecule has 1 saturated heterocycles. The van der Waals surface area contributed by atoms with Crippen LogP contribution in [0, 0.1) is 5.92 Å².